The van der Waals surface area contributed by atoms with E-state index in [0.29, 0.717) is 6.61 Å². The van der Waals surface area contributed by atoms with Gasteiger partial charge in [-0.25, -0.2) is 0 Å². The molecule has 1 N–H and O–H groups in total. The Balaban J connectivity index is 2.07. The van der Waals surface area contributed by atoms with Gasteiger partial charge in [0.05, 0.1) is 6.61 Å². The van der Waals surface area contributed by atoms with Crippen LogP contribution in [0.4, 0.5) is 0 Å². The molecule has 0 aromatic heterocycles. The molecule has 0 spiro atoms. The van der Waals surface area contributed by atoms with Crippen molar-refractivity contribution >= 4 is 15.9 Å². The average molecular weight is 305 g/mol. The van der Waals surface area contributed by atoms with Crippen LogP contribution in [0.2, 0.25) is 0 Å². The number of fused-ring (bicyclic) bond motifs is 1. The van der Waals surface area contributed by atoms with Gasteiger partial charge in [-0.15, -0.1) is 0 Å². The van der Waals surface area contributed by atoms with Gasteiger partial charge in [-0.3, -0.25) is 0 Å². The predicted molar refractivity (Wildman–Crippen MR) is 73.8 cm³/mol. The van der Waals surface area contributed by atoms with Crippen molar-refractivity contribution in [1.82, 2.24) is 0 Å². The maximum absolute atomic E-state index is 10.5. The van der Waals surface area contributed by atoms with Gasteiger partial charge in [0.2, 0.25) is 0 Å². The van der Waals surface area contributed by atoms with Gasteiger partial charge in [0.1, 0.15) is 11.9 Å². The molecular formula is C15H13BrO2. The van der Waals surface area contributed by atoms with E-state index in [2.05, 4.69) is 22.0 Å². The molecule has 0 bridgehead atoms. The molecular weight excluding hydrogens is 292 g/mol. The summed E-state index contributed by atoms with van der Waals surface area (Å²) in [5.41, 5.74) is 2.88. The fourth-order valence-electron chi connectivity index (χ4n) is 2.32. The number of hydrogen-bond acceptors (Lipinski definition) is 2. The van der Waals surface area contributed by atoms with Crippen LogP contribution in [0.15, 0.2) is 46.9 Å². The fraction of sp³-hybridized carbons (Fsp3) is 0.200. The molecule has 1 aliphatic heterocycles. The average Bonchev–Trinajstić information content (AvgIpc) is 2.86. The zero-order chi connectivity index (χ0) is 12.5. The summed E-state index contributed by atoms with van der Waals surface area (Å²) < 4.78 is 6.63. The van der Waals surface area contributed by atoms with Crippen molar-refractivity contribution < 1.29 is 9.84 Å². The normalized spacial score (nSPS) is 15.0. The van der Waals surface area contributed by atoms with Gasteiger partial charge >= 0.3 is 0 Å². The molecule has 2 nitrogen and oxygen atoms in total. The third-order valence-corrected chi connectivity index (χ3v) is 3.64. The zero-order valence-electron chi connectivity index (χ0n) is 9.77. The lowest BCUT2D eigenvalue weighted by Crippen LogP contribution is -2.02. The minimum Gasteiger partial charge on any atom is -0.493 e. The van der Waals surface area contributed by atoms with Crippen LogP contribution in [0.3, 0.4) is 0 Å². The van der Waals surface area contributed by atoms with Crippen molar-refractivity contribution in [2.75, 3.05) is 6.61 Å². The first-order valence-corrected chi connectivity index (χ1v) is 6.73. The minimum atomic E-state index is -0.643. The van der Waals surface area contributed by atoms with E-state index in [1.807, 2.05) is 36.4 Å². The van der Waals surface area contributed by atoms with E-state index in [-0.39, 0.29) is 0 Å². The van der Waals surface area contributed by atoms with Crippen LogP contribution in [0, 0.1) is 0 Å². The van der Waals surface area contributed by atoms with Crippen molar-refractivity contribution in [3.8, 4) is 5.75 Å². The number of rotatable bonds is 2. The van der Waals surface area contributed by atoms with E-state index in [9.17, 15) is 5.11 Å². The highest BCUT2D eigenvalue weighted by atomic mass is 79.9. The highest BCUT2D eigenvalue weighted by Gasteiger charge is 2.22. The Morgan fingerprint density at radius 2 is 1.94 bits per heavy atom. The summed E-state index contributed by atoms with van der Waals surface area (Å²) >= 11 is 3.49. The standard InChI is InChI=1S/C15H13BrO2/c16-12-8-11-6-7-18-15(11)13(9-12)14(17)10-4-2-1-3-5-10/h1-5,8-9,14,17H,6-7H2. The molecule has 2 aromatic carbocycles. The second-order valence-corrected chi connectivity index (χ2v) is 5.31. The third-order valence-electron chi connectivity index (χ3n) is 3.19. The van der Waals surface area contributed by atoms with E-state index in [1.165, 1.54) is 0 Å². The van der Waals surface area contributed by atoms with E-state index >= 15 is 0 Å². The van der Waals surface area contributed by atoms with Crippen LogP contribution >= 0.6 is 15.9 Å². The molecule has 1 aliphatic rings. The second-order valence-electron chi connectivity index (χ2n) is 4.39. The lowest BCUT2D eigenvalue weighted by molar-refractivity contribution is 0.213. The minimum absolute atomic E-state index is 0.643. The van der Waals surface area contributed by atoms with Crippen molar-refractivity contribution in [2.45, 2.75) is 12.5 Å². The molecule has 0 saturated heterocycles. The Labute approximate surface area is 114 Å². The number of aliphatic hydroxyl groups is 1. The van der Waals surface area contributed by atoms with Crippen LogP contribution in [-0.4, -0.2) is 11.7 Å². The van der Waals surface area contributed by atoms with Crippen molar-refractivity contribution in [2.24, 2.45) is 0 Å². The number of benzene rings is 2. The Morgan fingerprint density at radius 3 is 2.72 bits per heavy atom. The van der Waals surface area contributed by atoms with Gasteiger partial charge in [-0.05, 0) is 23.3 Å². The summed E-state index contributed by atoms with van der Waals surface area (Å²) in [5.74, 6) is 0.842. The van der Waals surface area contributed by atoms with E-state index in [1.54, 1.807) is 0 Å². The smallest absolute Gasteiger partial charge is 0.128 e. The summed E-state index contributed by atoms with van der Waals surface area (Å²) in [7, 11) is 0. The summed E-state index contributed by atoms with van der Waals surface area (Å²) in [6, 6.07) is 13.6. The summed E-state index contributed by atoms with van der Waals surface area (Å²) in [6.07, 6.45) is 0.263. The largest absolute Gasteiger partial charge is 0.493 e. The van der Waals surface area contributed by atoms with Gasteiger partial charge in [-0.1, -0.05) is 46.3 Å². The molecule has 2 aromatic rings. The van der Waals surface area contributed by atoms with Crippen molar-refractivity contribution in [3.05, 3.63) is 63.6 Å². The first-order valence-electron chi connectivity index (χ1n) is 5.94. The molecule has 0 aliphatic carbocycles. The summed E-state index contributed by atoms with van der Waals surface area (Å²) in [4.78, 5) is 0. The number of hydrogen-bond donors (Lipinski definition) is 1. The predicted octanol–water partition coefficient (Wildman–Crippen LogP) is 3.47. The lowest BCUT2D eigenvalue weighted by Gasteiger charge is -2.15. The lowest BCUT2D eigenvalue weighted by atomic mass is 9.98. The Hall–Kier alpha value is -1.32. The zero-order valence-corrected chi connectivity index (χ0v) is 11.4. The Kier molecular flexibility index (Phi) is 3.10. The highest BCUT2D eigenvalue weighted by molar-refractivity contribution is 9.10. The molecule has 0 saturated carbocycles. The van der Waals surface area contributed by atoms with Crippen LogP contribution in [-0.2, 0) is 6.42 Å². The van der Waals surface area contributed by atoms with Crippen LogP contribution in [0.1, 0.15) is 22.8 Å². The number of aliphatic hydroxyl groups excluding tert-OH is 1. The van der Waals surface area contributed by atoms with Gasteiger partial charge in [0.15, 0.2) is 0 Å². The van der Waals surface area contributed by atoms with Crippen molar-refractivity contribution in [1.29, 1.82) is 0 Å². The molecule has 0 amide bonds. The van der Waals surface area contributed by atoms with Crippen LogP contribution in [0.5, 0.6) is 5.75 Å². The van der Waals surface area contributed by atoms with Gasteiger partial charge in [0.25, 0.3) is 0 Å². The SMILES string of the molecule is OC(c1ccccc1)c1cc(Br)cc2c1OCC2. The summed E-state index contributed by atoms with van der Waals surface area (Å²) in [6.45, 7) is 0.695. The fourth-order valence-corrected chi connectivity index (χ4v) is 2.84. The topological polar surface area (TPSA) is 29.5 Å². The highest BCUT2D eigenvalue weighted by Crippen LogP contribution is 2.38. The number of halogens is 1. The maximum atomic E-state index is 10.5. The molecule has 92 valence electrons. The Bertz CT molecular complexity index is 566. The van der Waals surface area contributed by atoms with Crippen molar-refractivity contribution in [3.63, 3.8) is 0 Å². The maximum Gasteiger partial charge on any atom is 0.128 e. The summed E-state index contributed by atoms with van der Waals surface area (Å²) in [5, 5.41) is 10.5. The van der Waals surface area contributed by atoms with E-state index in [4.69, 9.17) is 4.74 Å². The molecule has 3 rings (SSSR count). The molecule has 1 heterocycles. The van der Waals surface area contributed by atoms with Gasteiger partial charge < -0.3 is 9.84 Å². The van der Waals surface area contributed by atoms with Crippen LogP contribution in [0.25, 0.3) is 0 Å². The first kappa shape index (κ1) is 11.8. The molecule has 0 fully saturated rings. The first-order chi connectivity index (χ1) is 8.75. The Morgan fingerprint density at radius 1 is 1.17 bits per heavy atom. The van der Waals surface area contributed by atoms with E-state index in [0.717, 1.165) is 33.3 Å². The molecule has 1 atom stereocenters. The molecule has 1 unspecified atom stereocenters. The third kappa shape index (κ3) is 2.04. The molecule has 0 radical (unpaired) electrons. The quantitative estimate of drug-likeness (QED) is 0.920. The monoisotopic (exact) mass is 304 g/mol. The molecule has 18 heavy (non-hydrogen) atoms. The molecule has 3 heteroatoms. The van der Waals surface area contributed by atoms with Gasteiger partial charge in [-0.2, -0.15) is 0 Å². The second kappa shape index (κ2) is 4.75. The van der Waals surface area contributed by atoms with E-state index < -0.39 is 6.10 Å². The number of ether oxygens (including phenoxy) is 1. The van der Waals surface area contributed by atoms with Crippen LogP contribution < -0.4 is 4.74 Å². The van der Waals surface area contributed by atoms with Gasteiger partial charge in [0, 0.05) is 16.5 Å².